The van der Waals surface area contributed by atoms with E-state index in [2.05, 4.69) is 0 Å². The molecule has 0 aliphatic heterocycles. The molecule has 0 aliphatic carbocycles. The highest BCUT2D eigenvalue weighted by molar-refractivity contribution is 6.33. The van der Waals surface area contributed by atoms with Crippen molar-refractivity contribution >= 4 is 28.8 Å². The molecule has 25 heavy (non-hydrogen) atoms. The van der Waals surface area contributed by atoms with Gasteiger partial charge in [0.2, 0.25) is 0 Å². The summed E-state index contributed by atoms with van der Waals surface area (Å²) in [5, 5.41) is 6.18. The van der Waals surface area contributed by atoms with Crippen molar-refractivity contribution in [2.75, 3.05) is 0 Å². The molecular formula is C20H15Cl2N3. The molecule has 0 radical (unpaired) electrons. The molecule has 0 unspecified atom stereocenters. The Labute approximate surface area is 155 Å². The molecule has 3 nitrogen and oxygen atoms in total. The second kappa shape index (κ2) is 6.17. The number of hydrogen-bond donors (Lipinski definition) is 0. The molecule has 2 heterocycles. The van der Waals surface area contributed by atoms with E-state index in [4.69, 9.17) is 33.3 Å². The van der Waals surface area contributed by atoms with E-state index in [9.17, 15) is 0 Å². The summed E-state index contributed by atoms with van der Waals surface area (Å²) in [5.74, 6) is 0. The molecule has 4 aromatic rings. The highest BCUT2D eigenvalue weighted by atomic mass is 35.5. The van der Waals surface area contributed by atoms with Crippen LogP contribution in [-0.2, 0) is 0 Å². The van der Waals surface area contributed by atoms with E-state index in [1.807, 2.05) is 73.0 Å². The normalized spacial score (nSPS) is 11.2. The lowest BCUT2D eigenvalue weighted by atomic mass is 10.0. The summed E-state index contributed by atoms with van der Waals surface area (Å²) in [4.78, 5) is 4.74. The number of aryl methyl sites for hydroxylation is 2. The molecule has 0 spiro atoms. The highest BCUT2D eigenvalue weighted by Crippen LogP contribution is 2.38. The maximum absolute atomic E-state index is 6.45. The summed E-state index contributed by atoms with van der Waals surface area (Å²) in [6, 6.07) is 17.5. The second-order valence-corrected chi connectivity index (χ2v) is 6.83. The van der Waals surface area contributed by atoms with Gasteiger partial charge in [0.25, 0.3) is 0 Å². The van der Waals surface area contributed by atoms with Gasteiger partial charge in [-0.1, -0.05) is 53.5 Å². The van der Waals surface area contributed by atoms with E-state index in [1.54, 1.807) is 0 Å². The lowest BCUT2D eigenvalue weighted by Gasteiger charge is -2.06. The standard InChI is InChI=1S/C20H15Cl2N3/c1-12-11-13(2)25-20(23-12)18(14-7-9-15(21)10-8-14)19(24-25)16-5-3-4-6-17(16)22/h3-11H,1-2H3. The van der Waals surface area contributed by atoms with Crippen molar-refractivity contribution in [2.24, 2.45) is 0 Å². The van der Waals surface area contributed by atoms with Gasteiger partial charge in [-0.25, -0.2) is 9.50 Å². The molecule has 0 saturated heterocycles. The Morgan fingerprint density at radius 2 is 1.64 bits per heavy atom. The SMILES string of the molecule is Cc1cc(C)n2nc(-c3ccccc3Cl)c(-c3ccc(Cl)cc3)c2n1. The minimum atomic E-state index is 0.662. The van der Waals surface area contributed by atoms with Crippen LogP contribution in [0, 0.1) is 13.8 Å². The third-order valence-electron chi connectivity index (χ3n) is 4.16. The van der Waals surface area contributed by atoms with Gasteiger partial charge in [0.05, 0.1) is 10.6 Å². The highest BCUT2D eigenvalue weighted by Gasteiger charge is 2.20. The average molecular weight is 368 g/mol. The molecule has 2 aromatic heterocycles. The summed E-state index contributed by atoms with van der Waals surface area (Å²) >= 11 is 12.5. The molecule has 0 N–H and O–H groups in total. The fraction of sp³-hybridized carbons (Fsp3) is 0.100. The molecule has 0 fully saturated rings. The summed E-state index contributed by atoms with van der Waals surface area (Å²) in [5.41, 5.74) is 6.45. The zero-order chi connectivity index (χ0) is 17.6. The van der Waals surface area contributed by atoms with Crippen molar-refractivity contribution < 1.29 is 0 Å². The molecule has 4 rings (SSSR count). The van der Waals surface area contributed by atoms with E-state index in [0.717, 1.165) is 39.4 Å². The van der Waals surface area contributed by atoms with Crippen molar-refractivity contribution in [1.29, 1.82) is 0 Å². The largest absolute Gasteiger partial charge is 0.233 e. The third kappa shape index (κ3) is 2.80. The topological polar surface area (TPSA) is 30.2 Å². The minimum absolute atomic E-state index is 0.662. The molecular weight excluding hydrogens is 353 g/mol. The molecule has 0 amide bonds. The van der Waals surface area contributed by atoms with Crippen LogP contribution in [0.1, 0.15) is 11.4 Å². The zero-order valence-corrected chi connectivity index (χ0v) is 15.3. The Bertz CT molecular complexity index is 1080. The first kappa shape index (κ1) is 16.1. The smallest absolute Gasteiger partial charge is 0.164 e. The number of aromatic nitrogens is 3. The zero-order valence-electron chi connectivity index (χ0n) is 13.8. The average Bonchev–Trinajstić information content (AvgIpc) is 2.95. The maximum atomic E-state index is 6.45. The maximum Gasteiger partial charge on any atom is 0.164 e. The van der Waals surface area contributed by atoms with Gasteiger partial charge in [0, 0.05) is 22.0 Å². The van der Waals surface area contributed by atoms with E-state index in [1.165, 1.54) is 0 Å². The van der Waals surface area contributed by atoms with Crippen LogP contribution in [0.4, 0.5) is 0 Å². The summed E-state index contributed by atoms with van der Waals surface area (Å²) in [6.45, 7) is 4.01. The van der Waals surface area contributed by atoms with Gasteiger partial charge in [0.15, 0.2) is 5.65 Å². The molecule has 5 heteroatoms. The first-order valence-corrected chi connectivity index (χ1v) is 8.68. The Hall–Kier alpha value is -2.36. The van der Waals surface area contributed by atoms with Gasteiger partial charge in [-0.05, 0) is 43.7 Å². The van der Waals surface area contributed by atoms with Gasteiger partial charge in [-0.3, -0.25) is 0 Å². The van der Waals surface area contributed by atoms with E-state index in [-0.39, 0.29) is 0 Å². The third-order valence-corrected chi connectivity index (χ3v) is 4.74. The predicted molar refractivity (Wildman–Crippen MR) is 103 cm³/mol. The molecule has 0 aliphatic rings. The van der Waals surface area contributed by atoms with Gasteiger partial charge in [-0.2, -0.15) is 5.10 Å². The van der Waals surface area contributed by atoms with Crippen molar-refractivity contribution in [3.05, 3.63) is 76.0 Å². The number of rotatable bonds is 2. The number of benzene rings is 2. The molecule has 124 valence electrons. The van der Waals surface area contributed by atoms with Crippen molar-refractivity contribution in [3.8, 4) is 22.4 Å². The molecule has 0 atom stereocenters. The van der Waals surface area contributed by atoms with Crippen molar-refractivity contribution in [2.45, 2.75) is 13.8 Å². The fourth-order valence-electron chi connectivity index (χ4n) is 3.05. The Morgan fingerprint density at radius 3 is 2.36 bits per heavy atom. The number of nitrogens with zero attached hydrogens (tertiary/aromatic N) is 3. The summed E-state index contributed by atoms with van der Waals surface area (Å²) in [7, 11) is 0. The van der Waals surface area contributed by atoms with Crippen LogP contribution in [0.3, 0.4) is 0 Å². The van der Waals surface area contributed by atoms with Crippen LogP contribution >= 0.6 is 23.2 Å². The van der Waals surface area contributed by atoms with Crippen LogP contribution in [0.5, 0.6) is 0 Å². The van der Waals surface area contributed by atoms with Crippen molar-refractivity contribution in [3.63, 3.8) is 0 Å². The number of hydrogen-bond acceptors (Lipinski definition) is 2. The summed E-state index contributed by atoms with van der Waals surface area (Å²) < 4.78 is 1.87. The fourth-order valence-corrected chi connectivity index (χ4v) is 3.40. The monoisotopic (exact) mass is 367 g/mol. The molecule has 2 aromatic carbocycles. The van der Waals surface area contributed by atoms with Crippen LogP contribution in [0.15, 0.2) is 54.6 Å². The van der Waals surface area contributed by atoms with Gasteiger partial charge < -0.3 is 0 Å². The van der Waals surface area contributed by atoms with Crippen LogP contribution in [0.25, 0.3) is 28.0 Å². The van der Waals surface area contributed by atoms with Gasteiger partial charge in [0.1, 0.15) is 5.69 Å². The lowest BCUT2D eigenvalue weighted by molar-refractivity contribution is 0.889. The number of halogens is 2. The summed E-state index contributed by atoms with van der Waals surface area (Å²) in [6.07, 6.45) is 0. The predicted octanol–water partition coefficient (Wildman–Crippen LogP) is 5.99. The van der Waals surface area contributed by atoms with E-state index < -0.39 is 0 Å². The first-order chi connectivity index (χ1) is 12.0. The van der Waals surface area contributed by atoms with Crippen molar-refractivity contribution in [1.82, 2.24) is 14.6 Å². The Kier molecular flexibility index (Phi) is 3.98. The second-order valence-electron chi connectivity index (χ2n) is 5.98. The Morgan fingerprint density at radius 1 is 0.920 bits per heavy atom. The minimum Gasteiger partial charge on any atom is -0.233 e. The molecule has 0 bridgehead atoms. The van der Waals surface area contributed by atoms with Crippen LogP contribution < -0.4 is 0 Å². The van der Waals surface area contributed by atoms with Gasteiger partial charge in [-0.15, -0.1) is 0 Å². The van der Waals surface area contributed by atoms with Crippen LogP contribution in [0.2, 0.25) is 10.0 Å². The van der Waals surface area contributed by atoms with E-state index in [0.29, 0.717) is 10.0 Å². The van der Waals surface area contributed by atoms with Crippen LogP contribution in [-0.4, -0.2) is 14.6 Å². The lowest BCUT2D eigenvalue weighted by Crippen LogP contribution is -1.97. The number of fused-ring (bicyclic) bond motifs is 1. The molecule has 0 saturated carbocycles. The Balaban J connectivity index is 2.12. The van der Waals surface area contributed by atoms with Gasteiger partial charge >= 0.3 is 0 Å². The first-order valence-electron chi connectivity index (χ1n) is 7.92. The quantitative estimate of drug-likeness (QED) is 0.435. The van der Waals surface area contributed by atoms with E-state index >= 15 is 0 Å².